The number of aromatic amines is 1. The normalized spacial score (nSPS) is 15.9. The van der Waals surface area contributed by atoms with Crippen LogP contribution in [-0.2, 0) is 0 Å². The summed E-state index contributed by atoms with van der Waals surface area (Å²) in [7, 11) is 0. The van der Waals surface area contributed by atoms with Crippen molar-refractivity contribution < 1.29 is 13.9 Å². The summed E-state index contributed by atoms with van der Waals surface area (Å²) in [6, 6.07) is 9.62. The molecule has 10 heteroatoms. The highest BCUT2D eigenvalue weighted by Gasteiger charge is 2.27. The number of benzene rings is 2. The molecule has 1 aliphatic rings. The summed E-state index contributed by atoms with van der Waals surface area (Å²) in [5, 5.41) is 14.2. The van der Waals surface area contributed by atoms with E-state index in [2.05, 4.69) is 20.6 Å². The summed E-state index contributed by atoms with van der Waals surface area (Å²) >= 11 is 0. The van der Waals surface area contributed by atoms with E-state index in [4.69, 9.17) is 25.6 Å². The lowest BCUT2D eigenvalue weighted by atomic mass is 10.0. The standard InChI is InChI=1S/C26H32FN7O2/c1-4-35-19-9-20(23(27)22(10-19)36-15(2)3)24(33-18-7-5-16(6-8-18)25(28)29)26-32-13-21(34-26)17-11-30-14-31-12-17/h5-10,13-15,17,24,33H,4,11-12H2,1-3H3,(H3,28,29)(H,30,31)(H,32,34). The molecule has 2 aromatic carbocycles. The molecule has 0 aliphatic carbocycles. The number of ether oxygens (including phenoxy) is 2. The highest BCUT2D eigenvalue weighted by atomic mass is 19.1. The fourth-order valence-corrected chi connectivity index (χ4v) is 4.01. The fraction of sp³-hybridized carbons (Fsp3) is 0.346. The Morgan fingerprint density at radius 1 is 1.28 bits per heavy atom. The Morgan fingerprint density at radius 3 is 2.69 bits per heavy atom. The van der Waals surface area contributed by atoms with Gasteiger partial charge in [0, 0.05) is 41.5 Å². The van der Waals surface area contributed by atoms with Crippen molar-refractivity contribution in [1.82, 2.24) is 15.3 Å². The molecular formula is C26H32FN7O2. The van der Waals surface area contributed by atoms with Crippen molar-refractivity contribution in [2.75, 3.05) is 25.0 Å². The molecule has 3 aromatic rings. The van der Waals surface area contributed by atoms with Crippen molar-refractivity contribution in [2.24, 2.45) is 10.7 Å². The Labute approximate surface area is 209 Å². The Morgan fingerprint density at radius 2 is 2.06 bits per heavy atom. The first kappa shape index (κ1) is 25.0. The first-order valence-electron chi connectivity index (χ1n) is 12.0. The monoisotopic (exact) mass is 493 g/mol. The molecule has 4 rings (SSSR count). The van der Waals surface area contributed by atoms with Gasteiger partial charge in [0.05, 0.1) is 31.3 Å². The van der Waals surface area contributed by atoms with Gasteiger partial charge < -0.3 is 30.8 Å². The number of H-pyrrole nitrogens is 1. The number of hydrogen-bond acceptors (Lipinski definition) is 7. The molecular weight excluding hydrogens is 461 g/mol. The third kappa shape index (κ3) is 5.76. The Bertz CT molecular complexity index is 1220. The first-order chi connectivity index (χ1) is 17.4. The largest absolute Gasteiger partial charge is 0.494 e. The number of imidazole rings is 1. The Balaban J connectivity index is 1.77. The van der Waals surface area contributed by atoms with Gasteiger partial charge in [-0.15, -0.1) is 0 Å². The lowest BCUT2D eigenvalue weighted by molar-refractivity contribution is 0.228. The number of hydrogen-bond donors (Lipinski definition) is 5. The molecule has 9 nitrogen and oxygen atoms in total. The fourth-order valence-electron chi connectivity index (χ4n) is 4.01. The predicted octanol–water partition coefficient (Wildman–Crippen LogP) is 3.94. The number of aromatic nitrogens is 2. The minimum Gasteiger partial charge on any atom is -0.494 e. The summed E-state index contributed by atoms with van der Waals surface area (Å²) in [6.07, 6.45) is 3.32. The van der Waals surface area contributed by atoms with E-state index < -0.39 is 11.9 Å². The molecule has 0 saturated heterocycles. The average molecular weight is 494 g/mol. The SMILES string of the molecule is CCOc1cc(OC(C)C)c(F)c(C(Nc2ccc(C(=N)N)cc2)c2nc(C3CN=CNC3)c[nH]2)c1. The van der Waals surface area contributed by atoms with E-state index in [0.29, 0.717) is 41.5 Å². The number of halogens is 1. The maximum Gasteiger partial charge on any atom is 0.171 e. The van der Waals surface area contributed by atoms with Gasteiger partial charge in [0.1, 0.15) is 23.5 Å². The van der Waals surface area contributed by atoms with E-state index in [1.54, 1.807) is 42.7 Å². The topological polar surface area (TPSA) is 133 Å². The lowest BCUT2D eigenvalue weighted by Gasteiger charge is -2.22. The number of rotatable bonds is 10. The molecule has 0 amide bonds. The van der Waals surface area contributed by atoms with Gasteiger partial charge in [-0.25, -0.2) is 9.37 Å². The van der Waals surface area contributed by atoms with Crippen LogP contribution in [0.25, 0.3) is 0 Å². The van der Waals surface area contributed by atoms with E-state index >= 15 is 4.39 Å². The van der Waals surface area contributed by atoms with Crippen LogP contribution in [0.3, 0.4) is 0 Å². The molecule has 2 atom stereocenters. The van der Waals surface area contributed by atoms with Gasteiger partial charge in [-0.05, 0) is 51.1 Å². The van der Waals surface area contributed by atoms with Crippen LogP contribution in [0, 0.1) is 11.2 Å². The smallest absolute Gasteiger partial charge is 0.171 e. The molecule has 0 saturated carbocycles. The quantitative estimate of drug-likeness (QED) is 0.215. The average Bonchev–Trinajstić information content (AvgIpc) is 3.35. The number of anilines is 1. The minimum atomic E-state index is -0.683. The molecule has 190 valence electrons. The molecule has 1 aromatic heterocycles. The summed E-state index contributed by atoms with van der Waals surface area (Å²) in [5.74, 6) is 0.742. The van der Waals surface area contributed by atoms with Crippen LogP contribution in [0.2, 0.25) is 0 Å². The summed E-state index contributed by atoms with van der Waals surface area (Å²) in [6.45, 7) is 7.34. The van der Waals surface area contributed by atoms with Crippen molar-refractivity contribution in [3.8, 4) is 11.5 Å². The first-order valence-corrected chi connectivity index (χ1v) is 12.0. The van der Waals surface area contributed by atoms with Crippen molar-refractivity contribution in [3.05, 3.63) is 71.1 Å². The summed E-state index contributed by atoms with van der Waals surface area (Å²) in [5.41, 5.74) is 8.07. The molecule has 0 bridgehead atoms. The zero-order chi connectivity index (χ0) is 25.7. The van der Waals surface area contributed by atoms with E-state index in [9.17, 15) is 0 Å². The summed E-state index contributed by atoms with van der Waals surface area (Å²) in [4.78, 5) is 12.4. The van der Waals surface area contributed by atoms with E-state index in [-0.39, 0.29) is 23.6 Å². The maximum absolute atomic E-state index is 15.9. The van der Waals surface area contributed by atoms with Gasteiger partial charge in [-0.3, -0.25) is 10.4 Å². The number of nitrogens with two attached hydrogens (primary N) is 1. The van der Waals surface area contributed by atoms with Gasteiger partial charge in [-0.2, -0.15) is 0 Å². The van der Waals surface area contributed by atoms with Gasteiger partial charge in [0.25, 0.3) is 0 Å². The minimum absolute atomic E-state index is 0.0246. The highest BCUT2D eigenvalue weighted by Crippen LogP contribution is 2.36. The molecule has 1 aliphatic heterocycles. The predicted molar refractivity (Wildman–Crippen MR) is 139 cm³/mol. The van der Waals surface area contributed by atoms with Gasteiger partial charge >= 0.3 is 0 Å². The maximum atomic E-state index is 15.9. The summed E-state index contributed by atoms with van der Waals surface area (Å²) < 4.78 is 27.4. The lowest BCUT2D eigenvalue weighted by Crippen LogP contribution is -2.27. The third-order valence-electron chi connectivity index (χ3n) is 5.71. The zero-order valence-electron chi connectivity index (χ0n) is 20.6. The molecule has 0 fully saturated rings. The number of nitrogens with one attached hydrogen (secondary N) is 4. The molecule has 0 radical (unpaired) electrons. The molecule has 0 spiro atoms. The Kier molecular flexibility index (Phi) is 7.72. The van der Waals surface area contributed by atoms with Crippen LogP contribution in [0.5, 0.6) is 11.5 Å². The van der Waals surface area contributed by atoms with Crippen LogP contribution in [0.1, 0.15) is 55.4 Å². The van der Waals surface area contributed by atoms with Crippen LogP contribution in [-0.4, -0.2) is 47.9 Å². The third-order valence-corrected chi connectivity index (χ3v) is 5.71. The number of amidine groups is 1. The van der Waals surface area contributed by atoms with Crippen molar-refractivity contribution >= 4 is 17.9 Å². The van der Waals surface area contributed by atoms with Gasteiger partial charge in [0.15, 0.2) is 11.6 Å². The molecule has 6 N–H and O–H groups in total. The van der Waals surface area contributed by atoms with E-state index in [1.807, 2.05) is 27.0 Å². The van der Waals surface area contributed by atoms with Crippen LogP contribution >= 0.6 is 0 Å². The number of nitrogens with zero attached hydrogens (tertiary/aromatic N) is 2. The highest BCUT2D eigenvalue weighted by molar-refractivity contribution is 5.95. The zero-order valence-corrected chi connectivity index (χ0v) is 20.6. The number of nitrogen functional groups attached to an aromatic ring is 1. The van der Waals surface area contributed by atoms with Gasteiger partial charge in [-0.1, -0.05) is 0 Å². The number of aliphatic imine (C=N–C) groups is 1. The second-order valence-electron chi connectivity index (χ2n) is 8.80. The second-order valence-corrected chi connectivity index (χ2v) is 8.80. The van der Waals surface area contributed by atoms with Crippen LogP contribution in [0.15, 0.2) is 47.6 Å². The van der Waals surface area contributed by atoms with Crippen LogP contribution < -0.4 is 25.8 Å². The Hall–Kier alpha value is -4.08. The van der Waals surface area contributed by atoms with Crippen molar-refractivity contribution in [1.29, 1.82) is 5.41 Å². The van der Waals surface area contributed by atoms with Gasteiger partial charge in [0.2, 0.25) is 0 Å². The molecule has 36 heavy (non-hydrogen) atoms. The van der Waals surface area contributed by atoms with Crippen molar-refractivity contribution in [2.45, 2.75) is 38.8 Å². The van der Waals surface area contributed by atoms with Crippen LogP contribution in [0.4, 0.5) is 10.1 Å². The molecule has 2 heterocycles. The van der Waals surface area contributed by atoms with E-state index in [1.165, 1.54) is 0 Å². The second kappa shape index (κ2) is 11.1. The molecule has 2 unspecified atom stereocenters. The van der Waals surface area contributed by atoms with Crippen molar-refractivity contribution in [3.63, 3.8) is 0 Å². The van der Waals surface area contributed by atoms with E-state index in [0.717, 1.165) is 12.2 Å².